The van der Waals surface area contributed by atoms with Crippen molar-refractivity contribution in [2.24, 2.45) is 0 Å². The molecule has 1 heterocycles. The van der Waals surface area contributed by atoms with Gasteiger partial charge >= 0.3 is 0 Å². The van der Waals surface area contributed by atoms with Gasteiger partial charge in [-0.25, -0.2) is 0 Å². The largest absolute Gasteiger partial charge is 0.497 e. The van der Waals surface area contributed by atoms with E-state index in [1.165, 1.54) is 15.3 Å². The van der Waals surface area contributed by atoms with Crippen molar-refractivity contribution in [2.45, 2.75) is 11.8 Å². The first-order valence-corrected chi connectivity index (χ1v) is 7.68. The average molecular weight is 376 g/mol. The van der Waals surface area contributed by atoms with Gasteiger partial charge in [-0.05, 0) is 36.8 Å². The van der Waals surface area contributed by atoms with E-state index in [9.17, 15) is 0 Å². The van der Waals surface area contributed by atoms with E-state index >= 15 is 0 Å². The van der Waals surface area contributed by atoms with Gasteiger partial charge in [0.05, 0.1) is 11.9 Å². The molecule has 17 heavy (non-hydrogen) atoms. The Morgan fingerprint density at radius 3 is 2.53 bits per heavy atom. The van der Waals surface area contributed by atoms with Crippen LogP contribution in [-0.2, 0) is 0 Å². The molecule has 0 amide bonds. The zero-order chi connectivity index (χ0) is 12.4. The summed E-state index contributed by atoms with van der Waals surface area (Å²) in [5.74, 6) is 0.864. The van der Waals surface area contributed by atoms with Gasteiger partial charge in [0, 0.05) is 14.2 Å². The lowest BCUT2D eigenvalue weighted by Gasteiger charge is -2.11. The van der Waals surface area contributed by atoms with Crippen LogP contribution in [0, 0.1) is 6.92 Å². The number of ether oxygens (including phenoxy) is 1. The molecule has 4 heteroatoms. The average Bonchev–Trinajstić information content (AvgIpc) is 2.75. The number of hydrogen-bond acceptors (Lipinski definition) is 2. The van der Waals surface area contributed by atoms with Gasteiger partial charge in [-0.1, -0.05) is 37.9 Å². The number of alkyl halides is 1. The summed E-state index contributed by atoms with van der Waals surface area (Å²) in [7, 11) is 1.68. The van der Waals surface area contributed by atoms with Crippen molar-refractivity contribution >= 4 is 43.2 Å². The van der Waals surface area contributed by atoms with Crippen molar-refractivity contribution in [1.82, 2.24) is 0 Å². The first-order chi connectivity index (χ1) is 8.11. The maximum Gasteiger partial charge on any atom is 0.120 e. The van der Waals surface area contributed by atoms with Crippen molar-refractivity contribution in [3.8, 4) is 5.75 Å². The second kappa shape index (κ2) is 5.55. The normalized spacial score (nSPS) is 12.5. The number of methoxy groups -OCH3 is 1. The summed E-state index contributed by atoms with van der Waals surface area (Å²) in [5.41, 5.74) is 1.22. The Balaban J connectivity index is 2.34. The highest BCUT2D eigenvalue weighted by molar-refractivity contribution is 9.11. The van der Waals surface area contributed by atoms with Crippen LogP contribution in [0.2, 0.25) is 0 Å². The zero-order valence-corrected chi connectivity index (χ0v) is 13.5. The lowest BCUT2D eigenvalue weighted by Crippen LogP contribution is -1.92. The third-order valence-corrected chi connectivity index (χ3v) is 5.53. The Kier molecular flexibility index (Phi) is 4.28. The van der Waals surface area contributed by atoms with E-state index in [0.29, 0.717) is 0 Å². The molecule has 1 unspecified atom stereocenters. The lowest BCUT2D eigenvalue weighted by molar-refractivity contribution is 0.414. The molecule has 0 N–H and O–H groups in total. The fourth-order valence-corrected chi connectivity index (χ4v) is 4.18. The summed E-state index contributed by atoms with van der Waals surface area (Å²) in [6, 6.07) is 10.4. The van der Waals surface area contributed by atoms with Crippen LogP contribution in [0.15, 0.2) is 34.8 Å². The Bertz CT molecular complexity index is 522. The minimum absolute atomic E-state index is 0.224. The molecule has 0 fully saturated rings. The van der Waals surface area contributed by atoms with Gasteiger partial charge in [0.1, 0.15) is 5.75 Å². The fourth-order valence-electron chi connectivity index (χ4n) is 1.58. The number of thiophene rings is 1. The van der Waals surface area contributed by atoms with E-state index in [1.54, 1.807) is 7.11 Å². The first kappa shape index (κ1) is 13.1. The zero-order valence-electron chi connectivity index (χ0n) is 9.54. The highest BCUT2D eigenvalue weighted by atomic mass is 79.9. The molecule has 0 radical (unpaired) electrons. The minimum Gasteiger partial charge on any atom is -0.497 e. The van der Waals surface area contributed by atoms with Crippen LogP contribution >= 0.6 is 43.2 Å². The molecule has 1 aromatic carbocycles. The van der Waals surface area contributed by atoms with Crippen molar-refractivity contribution in [2.75, 3.05) is 7.11 Å². The number of halogens is 2. The number of hydrogen-bond donors (Lipinski definition) is 0. The van der Waals surface area contributed by atoms with Crippen LogP contribution in [0.5, 0.6) is 5.75 Å². The Hall–Kier alpha value is -0.320. The molecular weight excluding hydrogens is 364 g/mol. The number of aryl methyl sites for hydroxylation is 1. The molecule has 0 aliphatic carbocycles. The Morgan fingerprint density at radius 2 is 2.00 bits per heavy atom. The van der Waals surface area contributed by atoms with Crippen LogP contribution in [0.4, 0.5) is 0 Å². The van der Waals surface area contributed by atoms with Crippen LogP contribution in [0.1, 0.15) is 20.1 Å². The molecule has 2 rings (SSSR count). The van der Waals surface area contributed by atoms with Gasteiger partial charge in [-0.3, -0.25) is 0 Å². The first-order valence-electron chi connectivity index (χ1n) is 5.15. The van der Waals surface area contributed by atoms with E-state index in [1.807, 2.05) is 23.5 Å². The predicted octanol–water partition coefficient (Wildman–Crippen LogP) is 5.31. The van der Waals surface area contributed by atoms with E-state index in [2.05, 4.69) is 57.0 Å². The molecule has 90 valence electrons. The Morgan fingerprint density at radius 1 is 1.24 bits per heavy atom. The SMILES string of the molecule is COc1ccc(C(Br)c2ccc(C)s2)c(Br)c1. The second-order valence-corrected chi connectivity index (χ2v) is 6.79. The third kappa shape index (κ3) is 2.92. The van der Waals surface area contributed by atoms with Crippen LogP contribution in [0.25, 0.3) is 0 Å². The van der Waals surface area contributed by atoms with Gasteiger partial charge < -0.3 is 4.74 Å². The maximum absolute atomic E-state index is 5.20. The minimum atomic E-state index is 0.224. The van der Waals surface area contributed by atoms with E-state index in [-0.39, 0.29) is 4.83 Å². The summed E-state index contributed by atoms with van der Waals surface area (Å²) in [5, 5.41) is 0. The number of benzene rings is 1. The maximum atomic E-state index is 5.20. The van der Waals surface area contributed by atoms with E-state index in [0.717, 1.165) is 10.2 Å². The Labute approximate surface area is 122 Å². The standard InChI is InChI=1S/C13H12Br2OS/c1-8-3-6-12(17-8)13(15)10-5-4-9(16-2)7-11(10)14/h3-7,13H,1-2H3. The summed E-state index contributed by atoms with van der Waals surface area (Å²) >= 11 is 9.14. The van der Waals surface area contributed by atoms with Crippen LogP contribution in [0.3, 0.4) is 0 Å². The van der Waals surface area contributed by atoms with Gasteiger partial charge in [0.25, 0.3) is 0 Å². The topological polar surface area (TPSA) is 9.23 Å². The molecule has 0 saturated carbocycles. The summed E-state index contributed by atoms with van der Waals surface area (Å²) in [4.78, 5) is 2.86. The van der Waals surface area contributed by atoms with Crippen LogP contribution < -0.4 is 4.74 Å². The molecule has 0 aliphatic heterocycles. The molecule has 1 nitrogen and oxygen atoms in total. The highest BCUT2D eigenvalue weighted by Crippen LogP contribution is 2.39. The van der Waals surface area contributed by atoms with Gasteiger partial charge in [-0.15, -0.1) is 11.3 Å². The predicted molar refractivity (Wildman–Crippen MR) is 80.5 cm³/mol. The van der Waals surface area contributed by atoms with E-state index in [4.69, 9.17) is 4.74 Å². The molecule has 0 bridgehead atoms. The van der Waals surface area contributed by atoms with E-state index < -0.39 is 0 Å². The van der Waals surface area contributed by atoms with Gasteiger partial charge in [0.2, 0.25) is 0 Å². The summed E-state index contributed by atoms with van der Waals surface area (Å²) in [6.45, 7) is 2.12. The molecule has 1 atom stereocenters. The molecule has 2 aromatic rings. The second-order valence-electron chi connectivity index (χ2n) is 3.70. The monoisotopic (exact) mass is 374 g/mol. The smallest absolute Gasteiger partial charge is 0.120 e. The van der Waals surface area contributed by atoms with Crippen molar-refractivity contribution in [3.63, 3.8) is 0 Å². The van der Waals surface area contributed by atoms with Crippen molar-refractivity contribution in [1.29, 1.82) is 0 Å². The summed E-state index contributed by atoms with van der Waals surface area (Å²) < 4.78 is 6.26. The molecular formula is C13H12Br2OS. The molecule has 0 saturated heterocycles. The molecule has 0 spiro atoms. The molecule has 0 aliphatic rings. The third-order valence-electron chi connectivity index (χ3n) is 2.49. The molecule has 1 aromatic heterocycles. The van der Waals surface area contributed by atoms with Gasteiger partial charge in [-0.2, -0.15) is 0 Å². The fraction of sp³-hybridized carbons (Fsp3) is 0.231. The van der Waals surface area contributed by atoms with Crippen molar-refractivity contribution in [3.05, 3.63) is 50.1 Å². The van der Waals surface area contributed by atoms with Gasteiger partial charge in [0.15, 0.2) is 0 Å². The lowest BCUT2D eigenvalue weighted by atomic mass is 10.1. The number of rotatable bonds is 3. The van der Waals surface area contributed by atoms with Crippen LogP contribution in [-0.4, -0.2) is 7.11 Å². The quantitative estimate of drug-likeness (QED) is 0.660. The summed E-state index contributed by atoms with van der Waals surface area (Å²) in [6.07, 6.45) is 0. The van der Waals surface area contributed by atoms with Crippen molar-refractivity contribution < 1.29 is 4.74 Å². The highest BCUT2D eigenvalue weighted by Gasteiger charge is 2.15.